The summed E-state index contributed by atoms with van der Waals surface area (Å²) in [7, 11) is 0. The number of nitro benzene ring substituents is 1. The smallest absolute Gasteiger partial charge is 0.270 e. The Kier molecular flexibility index (Phi) is 4.28. The summed E-state index contributed by atoms with van der Waals surface area (Å²) in [6.07, 6.45) is 4.41. The molecule has 0 radical (unpaired) electrons. The predicted octanol–water partition coefficient (Wildman–Crippen LogP) is 2.88. The normalized spacial score (nSPS) is 16.5. The Labute approximate surface area is 138 Å². The highest BCUT2D eigenvalue weighted by Crippen LogP contribution is 2.36. The molecule has 0 atom stereocenters. The van der Waals surface area contributed by atoms with E-state index in [2.05, 4.69) is 15.5 Å². The molecule has 1 aliphatic carbocycles. The second-order valence-electron chi connectivity index (χ2n) is 6.04. The van der Waals surface area contributed by atoms with E-state index < -0.39 is 10.5 Å². The summed E-state index contributed by atoms with van der Waals surface area (Å²) < 4.78 is 5.08. The number of amides is 1. The highest BCUT2D eigenvalue weighted by atomic mass is 16.6. The van der Waals surface area contributed by atoms with Crippen molar-refractivity contribution in [2.75, 3.05) is 0 Å². The average Bonchev–Trinajstić information content (AvgIpc) is 3.03. The molecule has 24 heavy (non-hydrogen) atoms. The van der Waals surface area contributed by atoms with E-state index in [-0.39, 0.29) is 17.2 Å². The molecular weight excluding hydrogens is 312 g/mol. The predicted molar refractivity (Wildman–Crippen MR) is 84.4 cm³/mol. The summed E-state index contributed by atoms with van der Waals surface area (Å²) >= 11 is 0. The van der Waals surface area contributed by atoms with E-state index in [0.717, 1.165) is 19.3 Å². The van der Waals surface area contributed by atoms with Crippen molar-refractivity contribution in [3.05, 3.63) is 51.7 Å². The lowest BCUT2D eigenvalue weighted by Gasteiger charge is -2.35. The van der Waals surface area contributed by atoms with Gasteiger partial charge in [0.25, 0.3) is 11.6 Å². The minimum Gasteiger partial charge on any atom is -0.340 e. The molecule has 1 fully saturated rings. The van der Waals surface area contributed by atoms with Gasteiger partial charge in [-0.05, 0) is 18.9 Å². The van der Waals surface area contributed by atoms with Crippen LogP contribution in [-0.4, -0.2) is 21.0 Å². The first-order valence-corrected chi connectivity index (χ1v) is 7.88. The lowest BCUT2D eigenvalue weighted by atomic mass is 9.80. The van der Waals surface area contributed by atoms with Gasteiger partial charge in [0.05, 0.1) is 4.92 Å². The van der Waals surface area contributed by atoms with Gasteiger partial charge in [-0.1, -0.05) is 30.5 Å². The van der Waals surface area contributed by atoms with Crippen LogP contribution < -0.4 is 5.32 Å². The van der Waals surface area contributed by atoms with Gasteiger partial charge in [0.15, 0.2) is 5.82 Å². The largest absolute Gasteiger partial charge is 0.340 e. The molecule has 1 aromatic carbocycles. The Morgan fingerprint density at radius 3 is 2.71 bits per heavy atom. The van der Waals surface area contributed by atoms with Gasteiger partial charge >= 0.3 is 0 Å². The van der Waals surface area contributed by atoms with Gasteiger partial charge < -0.3 is 9.84 Å². The highest BCUT2D eigenvalue weighted by molar-refractivity contribution is 5.95. The SMILES string of the molecule is Cc1nc(C2(NC(=O)c3cccc([N+](=O)[O-])c3)CCCCC2)no1. The summed E-state index contributed by atoms with van der Waals surface area (Å²) in [4.78, 5) is 27.3. The Hall–Kier alpha value is -2.77. The Bertz CT molecular complexity index is 765. The van der Waals surface area contributed by atoms with Crippen LogP contribution in [0.1, 0.15) is 54.2 Å². The molecule has 0 saturated heterocycles. The van der Waals surface area contributed by atoms with Crippen molar-refractivity contribution in [2.45, 2.75) is 44.6 Å². The fourth-order valence-electron chi connectivity index (χ4n) is 3.10. The number of hydrogen-bond donors (Lipinski definition) is 1. The first-order chi connectivity index (χ1) is 11.5. The molecule has 0 spiro atoms. The molecule has 1 aliphatic rings. The molecule has 1 saturated carbocycles. The lowest BCUT2D eigenvalue weighted by molar-refractivity contribution is -0.384. The van der Waals surface area contributed by atoms with Crippen LogP contribution in [0, 0.1) is 17.0 Å². The third-order valence-electron chi connectivity index (χ3n) is 4.33. The van der Waals surface area contributed by atoms with Gasteiger partial charge in [0.2, 0.25) is 5.89 Å². The van der Waals surface area contributed by atoms with Crippen molar-refractivity contribution < 1.29 is 14.2 Å². The molecule has 3 rings (SSSR count). The second-order valence-corrected chi connectivity index (χ2v) is 6.04. The van der Waals surface area contributed by atoms with Gasteiger partial charge in [-0.15, -0.1) is 0 Å². The third kappa shape index (κ3) is 3.12. The van der Waals surface area contributed by atoms with Crippen LogP contribution >= 0.6 is 0 Å². The lowest BCUT2D eigenvalue weighted by Crippen LogP contribution is -2.48. The van der Waals surface area contributed by atoms with Gasteiger partial charge in [0.1, 0.15) is 5.54 Å². The van der Waals surface area contributed by atoms with E-state index >= 15 is 0 Å². The summed E-state index contributed by atoms with van der Waals surface area (Å²) in [6, 6.07) is 5.68. The standard InChI is InChI=1S/C16H18N4O4/c1-11-17-15(19-24-11)16(8-3-2-4-9-16)18-14(21)12-6-5-7-13(10-12)20(22)23/h5-7,10H,2-4,8-9H2,1H3,(H,18,21). The monoisotopic (exact) mass is 330 g/mol. The van der Waals surface area contributed by atoms with Gasteiger partial charge in [-0.2, -0.15) is 4.98 Å². The number of aryl methyl sites for hydroxylation is 1. The molecule has 1 heterocycles. The molecule has 0 bridgehead atoms. The number of rotatable bonds is 4. The van der Waals surface area contributed by atoms with Crippen molar-refractivity contribution in [1.82, 2.24) is 15.5 Å². The third-order valence-corrected chi connectivity index (χ3v) is 4.33. The zero-order valence-electron chi connectivity index (χ0n) is 13.3. The first-order valence-electron chi connectivity index (χ1n) is 7.88. The van der Waals surface area contributed by atoms with Crippen LogP contribution in [0.15, 0.2) is 28.8 Å². The second kappa shape index (κ2) is 6.38. The van der Waals surface area contributed by atoms with Gasteiger partial charge in [-0.25, -0.2) is 0 Å². The molecule has 1 amide bonds. The number of benzene rings is 1. The molecule has 126 valence electrons. The number of non-ortho nitro benzene ring substituents is 1. The summed E-state index contributed by atoms with van der Waals surface area (Å²) in [5.74, 6) is 0.543. The molecular formula is C16H18N4O4. The molecule has 8 nitrogen and oxygen atoms in total. The van der Waals surface area contributed by atoms with Gasteiger partial charge in [0, 0.05) is 24.6 Å². The van der Waals surface area contributed by atoms with Crippen molar-refractivity contribution in [1.29, 1.82) is 0 Å². The molecule has 1 N–H and O–H groups in total. The Balaban J connectivity index is 1.89. The van der Waals surface area contributed by atoms with Crippen molar-refractivity contribution in [2.24, 2.45) is 0 Å². The summed E-state index contributed by atoms with van der Waals surface area (Å²) in [5, 5.41) is 17.9. The summed E-state index contributed by atoms with van der Waals surface area (Å²) in [5.41, 5.74) is -0.553. The zero-order valence-corrected chi connectivity index (χ0v) is 13.3. The molecule has 0 unspecified atom stereocenters. The molecule has 8 heteroatoms. The first kappa shape index (κ1) is 16.1. The van der Waals surface area contributed by atoms with Gasteiger partial charge in [-0.3, -0.25) is 14.9 Å². The van der Waals surface area contributed by atoms with Crippen molar-refractivity contribution in [3.8, 4) is 0 Å². The maximum absolute atomic E-state index is 12.7. The minimum atomic E-state index is -0.683. The topological polar surface area (TPSA) is 111 Å². The summed E-state index contributed by atoms with van der Waals surface area (Å²) in [6.45, 7) is 1.70. The van der Waals surface area contributed by atoms with Crippen molar-refractivity contribution in [3.63, 3.8) is 0 Å². The fourth-order valence-corrected chi connectivity index (χ4v) is 3.10. The fraction of sp³-hybridized carbons (Fsp3) is 0.438. The number of hydrogen-bond acceptors (Lipinski definition) is 6. The number of nitrogens with one attached hydrogen (secondary N) is 1. The zero-order chi connectivity index (χ0) is 17.2. The van der Waals surface area contributed by atoms with Crippen LogP contribution in [-0.2, 0) is 5.54 Å². The number of carbonyl (C=O) groups excluding carboxylic acids is 1. The van der Waals surface area contributed by atoms with E-state index in [4.69, 9.17) is 4.52 Å². The molecule has 2 aromatic rings. The Morgan fingerprint density at radius 2 is 2.08 bits per heavy atom. The number of carbonyl (C=O) groups is 1. The van der Waals surface area contributed by atoms with Crippen molar-refractivity contribution >= 4 is 11.6 Å². The average molecular weight is 330 g/mol. The minimum absolute atomic E-state index is 0.115. The van der Waals surface area contributed by atoms with Crippen LogP contribution in [0.4, 0.5) is 5.69 Å². The van der Waals surface area contributed by atoms with E-state index in [0.29, 0.717) is 24.6 Å². The maximum Gasteiger partial charge on any atom is 0.270 e. The quantitative estimate of drug-likeness (QED) is 0.681. The van der Waals surface area contributed by atoms with Crippen LogP contribution in [0.2, 0.25) is 0 Å². The number of nitro groups is 1. The van der Waals surface area contributed by atoms with E-state index in [1.54, 1.807) is 13.0 Å². The van der Waals surface area contributed by atoms with Crippen LogP contribution in [0.5, 0.6) is 0 Å². The van der Waals surface area contributed by atoms with Crippen LogP contribution in [0.25, 0.3) is 0 Å². The van der Waals surface area contributed by atoms with E-state index in [1.165, 1.54) is 18.2 Å². The van der Waals surface area contributed by atoms with E-state index in [9.17, 15) is 14.9 Å². The maximum atomic E-state index is 12.7. The molecule has 1 aromatic heterocycles. The highest BCUT2D eigenvalue weighted by Gasteiger charge is 2.39. The number of nitrogens with zero attached hydrogens (tertiary/aromatic N) is 3. The van der Waals surface area contributed by atoms with Crippen LogP contribution in [0.3, 0.4) is 0 Å². The number of aromatic nitrogens is 2. The van der Waals surface area contributed by atoms with E-state index in [1.807, 2.05) is 0 Å². The molecule has 0 aliphatic heterocycles. The Morgan fingerprint density at radius 1 is 1.33 bits per heavy atom.